The van der Waals surface area contributed by atoms with Gasteiger partial charge in [-0.3, -0.25) is 19.4 Å². The summed E-state index contributed by atoms with van der Waals surface area (Å²) in [6.45, 7) is 0.967. The first-order valence-electron chi connectivity index (χ1n) is 14.5. The standard InChI is InChI=1S/C33H35N5O5S/c1-42-27-14-12-23(20-28(27)43-2)17-19-35-30(40)21-44-33-37-25-11-7-6-10-24(25)31-36-26(32(41)38(31)33)13-15-29(39)34-18-16-22-8-4-3-5-9-22/h3-12,14,20,26H,13,15-19,21H2,1-2H3,(H,34,39)(H,35,40). The number of para-hydroxylation sites is 1. The number of hydrogen-bond acceptors (Lipinski definition) is 8. The molecule has 0 aromatic heterocycles. The summed E-state index contributed by atoms with van der Waals surface area (Å²) >= 11 is 1.19. The second-order valence-corrected chi connectivity index (χ2v) is 11.2. The summed E-state index contributed by atoms with van der Waals surface area (Å²) in [5.74, 6) is 1.34. The van der Waals surface area contributed by atoms with Crippen LogP contribution in [0, 0.1) is 0 Å². The lowest BCUT2D eigenvalue weighted by molar-refractivity contribution is -0.125. The fraction of sp³-hybridized carbons (Fsp3) is 0.303. The number of aliphatic imine (C=N–C) groups is 2. The number of nitrogens with one attached hydrogen (secondary N) is 2. The van der Waals surface area contributed by atoms with Crippen LogP contribution in [0.15, 0.2) is 82.8 Å². The van der Waals surface area contributed by atoms with Crippen LogP contribution >= 0.6 is 11.8 Å². The Morgan fingerprint density at radius 2 is 1.57 bits per heavy atom. The number of rotatable bonds is 13. The van der Waals surface area contributed by atoms with Crippen LogP contribution in [-0.4, -0.2) is 72.7 Å². The second-order valence-electron chi connectivity index (χ2n) is 10.3. The van der Waals surface area contributed by atoms with Crippen LogP contribution in [0.2, 0.25) is 0 Å². The zero-order chi connectivity index (χ0) is 30.9. The van der Waals surface area contributed by atoms with Gasteiger partial charge in [0.1, 0.15) is 11.9 Å². The summed E-state index contributed by atoms with van der Waals surface area (Å²) in [7, 11) is 3.17. The first-order valence-corrected chi connectivity index (χ1v) is 15.5. The summed E-state index contributed by atoms with van der Waals surface area (Å²) < 4.78 is 10.6. The third kappa shape index (κ3) is 7.46. The Morgan fingerprint density at radius 3 is 2.34 bits per heavy atom. The van der Waals surface area contributed by atoms with Gasteiger partial charge >= 0.3 is 0 Å². The normalized spacial score (nSPS) is 15.1. The predicted molar refractivity (Wildman–Crippen MR) is 172 cm³/mol. The highest BCUT2D eigenvalue weighted by Crippen LogP contribution is 2.34. The highest BCUT2D eigenvalue weighted by molar-refractivity contribution is 8.14. The summed E-state index contributed by atoms with van der Waals surface area (Å²) in [6.07, 6.45) is 1.82. The van der Waals surface area contributed by atoms with E-state index < -0.39 is 6.04 Å². The lowest BCUT2D eigenvalue weighted by Gasteiger charge is -2.25. The Hall–Kier alpha value is -4.64. The molecule has 0 fully saturated rings. The van der Waals surface area contributed by atoms with Crippen LogP contribution in [0.3, 0.4) is 0 Å². The number of ether oxygens (including phenoxy) is 2. The topological polar surface area (TPSA) is 122 Å². The molecule has 2 aliphatic rings. The quantitative estimate of drug-likeness (QED) is 0.302. The summed E-state index contributed by atoms with van der Waals surface area (Å²) in [4.78, 5) is 49.7. The molecule has 5 rings (SSSR count). The Labute approximate surface area is 260 Å². The Morgan fingerprint density at radius 1 is 0.864 bits per heavy atom. The molecule has 2 N–H and O–H groups in total. The minimum Gasteiger partial charge on any atom is -0.493 e. The Kier molecular flexibility index (Phi) is 10.3. The van der Waals surface area contributed by atoms with Crippen molar-refractivity contribution in [3.63, 3.8) is 0 Å². The molecule has 0 bridgehead atoms. The number of fused-ring (bicyclic) bond motifs is 3. The maximum absolute atomic E-state index is 13.5. The zero-order valence-corrected chi connectivity index (χ0v) is 25.6. The van der Waals surface area contributed by atoms with Gasteiger partial charge in [-0.25, -0.2) is 9.89 Å². The summed E-state index contributed by atoms with van der Waals surface area (Å²) in [5, 5.41) is 6.26. The van der Waals surface area contributed by atoms with E-state index in [0.29, 0.717) is 47.7 Å². The Balaban J connectivity index is 1.15. The predicted octanol–water partition coefficient (Wildman–Crippen LogP) is 3.89. The van der Waals surface area contributed by atoms with E-state index in [1.165, 1.54) is 16.7 Å². The van der Waals surface area contributed by atoms with E-state index in [1.807, 2.05) is 72.8 Å². The van der Waals surface area contributed by atoms with Crippen molar-refractivity contribution in [1.82, 2.24) is 15.5 Å². The van der Waals surface area contributed by atoms with E-state index in [1.54, 1.807) is 14.2 Å². The lowest BCUT2D eigenvalue weighted by atomic mass is 10.1. The van der Waals surface area contributed by atoms with Gasteiger partial charge in [0.05, 0.1) is 25.7 Å². The molecule has 1 atom stereocenters. The van der Waals surface area contributed by atoms with Crippen LogP contribution in [-0.2, 0) is 27.2 Å². The molecule has 3 amide bonds. The van der Waals surface area contributed by atoms with Crippen LogP contribution in [0.25, 0.3) is 0 Å². The third-order valence-electron chi connectivity index (χ3n) is 7.29. The second kappa shape index (κ2) is 14.7. The number of nitrogens with zero attached hydrogens (tertiary/aromatic N) is 3. The first-order chi connectivity index (χ1) is 21.5. The minimum atomic E-state index is -0.697. The molecule has 3 aromatic carbocycles. The fourth-order valence-corrected chi connectivity index (χ4v) is 5.83. The van der Waals surface area contributed by atoms with Crippen LogP contribution < -0.4 is 20.1 Å². The van der Waals surface area contributed by atoms with Gasteiger partial charge < -0.3 is 20.1 Å². The number of benzene rings is 3. The van der Waals surface area contributed by atoms with Crippen molar-refractivity contribution >= 4 is 46.2 Å². The molecule has 228 valence electrons. The van der Waals surface area contributed by atoms with Gasteiger partial charge in [-0.15, -0.1) is 0 Å². The molecule has 10 nitrogen and oxygen atoms in total. The van der Waals surface area contributed by atoms with E-state index in [0.717, 1.165) is 23.1 Å². The van der Waals surface area contributed by atoms with E-state index in [4.69, 9.17) is 19.5 Å². The van der Waals surface area contributed by atoms with Crippen molar-refractivity contribution in [2.75, 3.05) is 33.1 Å². The number of thioether (sulfide) groups is 1. The van der Waals surface area contributed by atoms with Gasteiger partial charge in [0.2, 0.25) is 11.8 Å². The molecule has 0 saturated heterocycles. The monoisotopic (exact) mass is 613 g/mol. The molecule has 0 spiro atoms. The minimum absolute atomic E-state index is 0.0818. The van der Waals surface area contributed by atoms with Crippen LogP contribution in [0.5, 0.6) is 11.5 Å². The molecule has 2 aliphatic heterocycles. The highest BCUT2D eigenvalue weighted by Gasteiger charge is 2.41. The smallest absolute Gasteiger partial charge is 0.259 e. The highest BCUT2D eigenvalue weighted by atomic mass is 32.2. The van der Waals surface area contributed by atoms with Gasteiger partial charge in [0.25, 0.3) is 5.91 Å². The van der Waals surface area contributed by atoms with Crippen molar-refractivity contribution in [1.29, 1.82) is 0 Å². The third-order valence-corrected chi connectivity index (χ3v) is 8.23. The van der Waals surface area contributed by atoms with E-state index in [2.05, 4.69) is 10.6 Å². The number of hydrogen-bond donors (Lipinski definition) is 2. The molecular formula is C33H35N5O5S. The van der Waals surface area contributed by atoms with Gasteiger partial charge in [0.15, 0.2) is 16.7 Å². The van der Waals surface area contributed by atoms with E-state index in [-0.39, 0.29) is 36.3 Å². The Bertz CT molecular complexity index is 1580. The zero-order valence-electron chi connectivity index (χ0n) is 24.7. The maximum Gasteiger partial charge on any atom is 0.259 e. The molecule has 0 radical (unpaired) electrons. The molecule has 1 unspecified atom stereocenters. The average Bonchev–Trinajstić information content (AvgIpc) is 3.39. The van der Waals surface area contributed by atoms with Gasteiger partial charge in [-0.2, -0.15) is 0 Å². The van der Waals surface area contributed by atoms with Gasteiger partial charge in [0, 0.05) is 25.1 Å². The number of amidine groups is 2. The molecule has 0 saturated carbocycles. The lowest BCUT2D eigenvalue weighted by Crippen LogP contribution is -2.42. The number of amides is 3. The van der Waals surface area contributed by atoms with Crippen LogP contribution in [0.4, 0.5) is 5.69 Å². The van der Waals surface area contributed by atoms with E-state index in [9.17, 15) is 14.4 Å². The van der Waals surface area contributed by atoms with Crippen molar-refractivity contribution < 1.29 is 23.9 Å². The SMILES string of the molecule is COc1ccc(CCNC(=O)CSC2=Nc3ccccc3C3=NC(CCC(=O)NCCc4ccccc4)C(=O)N23)cc1OC. The molecule has 2 heterocycles. The molecule has 3 aromatic rings. The van der Waals surface area contributed by atoms with E-state index >= 15 is 0 Å². The van der Waals surface area contributed by atoms with Gasteiger partial charge in [-0.1, -0.05) is 60.3 Å². The van der Waals surface area contributed by atoms with Gasteiger partial charge in [-0.05, 0) is 54.7 Å². The number of carbonyl (C=O) groups is 3. The average molecular weight is 614 g/mol. The van der Waals surface area contributed by atoms with Crippen molar-refractivity contribution in [3.05, 3.63) is 89.5 Å². The van der Waals surface area contributed by atoms with Crippen LogP contribution in [0.1, 0.15) is 29.5 Å². The molecule has 11 heteroatoms. The number of carbonyl (C=O) groups excluding carboxylic acids is 3. The maximum atomic E-state index is 13.5. The van der Waals surface area contributed by atoms with Crippen molar-refractivity contribution in [2.45, 2.75) is 31.7 Å². The first kappa shape index (κ1) is 30.8. The van der Waals surface area contributed by atoms with Crippen molar-refractivity contribution in [2.24, 2.45) is 9.98 Å². The summed E-state index contributed by atoms with van der Waals surface area (Å²) in [5.41, 5.74) is 3.59. The molecule has 0 aliphatic carbocycles. The fourth-order valence-electron chi connectivity index (χ4n) is 5.00. The summed E-state index contributed by atoms with van der Waals surface area (Å²) in [6, 6.07) is 22.4. The molecule has 44 heavy (non-hydrogen) atoms. The largest absolute Gasteiger partial charge is 0.493 e. The number of methoxy groups -OCH3 is 2. The molecular weight excluding hydrogens is 578 g/mol. The van der Waals surface area contributed by atoms with Crippen molar-refractivity contribution in [3.8, 4) is 11.5 Å².